The van der Waals surface area contributed by atoms with Crippen molar-refractivity contribution >= 4 is 46.7 Å². The van der Waals surface area contributed by atoms with Crippen LogP contribution in [0.1, 0.15) is 0 Å². The Balaban J connectivity index is 1.77. The van der Waals surface area contributed by atoms with Gasteiger partial charge in [0.2, 0.25) is 0 Å². The van der Waals surface area contributed by atoms with E-state index in [0.29, 0.717) is 0 Å². The van der Waals surface area contributed by atoms with Gasteiger partial charge in [0.15, 0.2) is 0 Å². The SMILES string of the molecule is COc1ccc([As](C[As](c2ccc(OC)cc2)c2ccc(OC)cc2)c2ccc(OC)cc2)cc1. The summed E-state index contributed by atoms with van der Waals surface area (Å²) in [5.41, 5.74) is 0. The third-order valence-corrected chi connectivity index (χ3v) is 20.9. The molecule has 0 amide bonds. The first-order valence-corrected chi connectivity index (χ1v) is 17.7. The normalized spacial score (nSPS) is 10.9. The van der Waals surface area contributed by atoms with Gasteiger partial charge in [-0.05, 0) is 0 Å². The minimum absolute atomic E-state index is 0.886. The molecule has 0 N–H and O–H groups in total. The molecule has 0 saturated heterocycles. The van der Waals surface area contributed by atoms with E-state index in [1.54, 1.807) is 28.4 Å². The molecule has 0 radical (unpaired) electrons. The number of hydrogen-bond acceptors (Lipinski definition) is 4. The molecule has 0 saturated carbocycles. The molecule has 6 heteroatoms. The molecule has 180 valence electrons. The fourth-order valence-corrected chi connectivity index (χ4v) is 21.5. The van der Waals surface area contributed by atoms with E-state index in [4.69, 9.17) is 18.9 Å². The van der Waals surface area contributed by atoms with Crippen molar-refractivity contribution in [2.45, 2.75) is 4.00 Å². The van der Waals surface area contributed by atoms with Crippen LogP contribution in [0.2, 0.25) is 4.00 Å². The van der Waals surface area contributed by atoms with Crippen LogP contribution in [0.15, 0.2) is 97.1 Å². The summed E-state index contributed by atoms with van der Waals surface area (Å²) in [6, 6.07) is 34.6. The van der Waals surface area contributed by atoms with Crippen LogP contribution in [0.3, 0.4) is 0 Å². The average Bonchev–Trinajstić information content (AvgIpc) is 2.94. The molecule has 0 aliphatic carbocycles. The number of hydrogen-bond donors (Lipinski definition) is 0. The second kappa shape index (κ2) is 12.2. The Kier molecular flexibility index (Phi) is 8.85. The molecule has 0 atom stereocenters. The van der Waals surface area contributed by atoms with Crippen molar-refractivity contribution in [3.05, 3.63) is 97.1 Å². The maximum atomic E-state index is 5.43. The van der Waals surface area contributed by atoms with Crippen LogP contribution in [0.5, 0.6) is 23.0 Å². The van der Waals surface area contributed by atoms with Crippen molar-refractivity contribution in [1.82, 2.24) is 0 Å². The Morgan fingerprint density at radius 1 is 0.371 bits per heavy atom. The van der Waals surface area contributed by atoms with Crippen LogP contribution in [0.25, 0.3) is 0 Å². The van der Waals surface area contributed by atoms with E-state index in [1.807, 2.05) is 0 Å². The second-order valence-corrected chi connectivity index (χ2v) is 19.4. The van der Waals surface area contributed by atoms with Gasteiger partial charge in [-0.25, -0.2) is 0 Å². The van der Waals surface area contributed by atoms with E-state index in [9.17, 15) is 0 Å². The van der Waals surface area contributed by atoms with Gasteiger partial charge in [-0.2, -0.15) is 0 Å². The Morgan fingerprint density at radius 3 is 0.743 bits per heavy atom. The molecule has 0 heterocycles. The minimum atomic E-state index is -1.65. The van der Waals surface area contributed by atoms with Crippen molar-refractivity contribution in [3.8, 4) is 23.0 Å². The third-order valence-electron chi connectivity index (χ3n) is 5.82. The number of rotatable bonds is 10. The molecule has 4 aromatic carbocycles. The van der Waals surface area contributed by atoms with Crippen LogP contribution in [-0.4, -0.2) is 57.7 Å². The molecule has 0 bridgehead atoms. The summed E-state index contributed by atoms with van der Waals surface area (Å²) in [5.74, 6) is 3.54. The summed E-state index contributed by atoms with van der Waals surface area (Å²) < 4.78 is 28.6. The summed E-state index contributed by atoms with van der Waals surface area (Å²) in [5, 5.41) is 0. The monoisotopic (exact) mass is 592 g/mol. The van der Waals surface area contributed by atoms with Crippen LogP contribution in [0.4, 0.5) is 0 Å². The van der Waals surface area contributed by atoms with Crippen molar-refractivity contribution in [1.29, 1.82) is 0 Å². The van der Waals surface area contributed by atoms with Crippen molar-refractivity contribution in [2.75, 3.05) is 28.4 Å². The number of methoxy groups -OCH3 is 4. The van der Waals surface area contributed by atoms with E-state index in [-0.39, 0.29) is 0 Å². The summed E-state index contributed by atoms with van der Waals surface area (Å²) in [7, 11) is 6.85. The fraction of sp³-hybridized carbons (Fsp3) is 0.172. The van der Waals surface area contributed by atoms with Crippen LogP contribution in [-0.2, 0) is 0 Å². The maximum absolute atomic E-state index is 5.43. The molecule has 0 spiro atoms. The van der Waals surface area contributed by atoms with Crippen molar-refractivity contribution < 1.29 is 18.9 Å². The molecule has 4 nitrogen and oxygen atoms in total. The molecule has 0 aromatic heterocycles. The molecule has 0 unspecified atom stereocenters. The predicted molar refractivity (Wildman–Crippen MR) is 147 cm³/mol. The Morgan fingerprint density at radius 2 is 0.571 bits per heavy atom. The predicted octanol–water partition coefficient (Wildman–Crippen LogP) is 3.18. The zero-order valence-corrected chi connectivity index (χ0v) is 24.2. The number of ether oxygens (including phenoxy) is 4. The summed E-state index contributed by atoms with van der Waals surface area (Å²) in [6.07, 6.45) is 0. The Labute approximate surface area is 217 Å². The van der Waals surface area contributed by atoms with E-state index < -0.39 is 29.3 Å². The zero-order chi connectivity index (χ0) is 24.6. The summed E-state index contributed by atoms with van der Waals surface area (Å²) in [4.78, 5) is 0. The molecule has 4 rings (SSSR count). The van der Waals surface area contributed by atoms with E-state index >= 15 is 0 Å². The van der Waals surface area contributed by atoms with Crippen LogP contribution in [0, 0.1) is 0 Å². The van der Waals surface area contributed by atoms with E-state index in [2.05, 4.69) is 97.1 Å². The van der Waals surface area contributed by atoms with Gasteiger partial charge in [0.05, 0.1) is 0 Å². The summed E-state index contributed by atoms with van der Waals surface area (Å²) in [6.45, 7) is 0. The van der Waals surface area contributed by atoms with Crippen LogP contribution < -0.4 is 36.4 Å². The second-order valence-electron chi connectivity index (χ2n) is 7.79. The van der Waals surface area contributed by atoms with E-state index in [0.717, 1.165) is 23.0 Å². The molecular weight excluding hydrogens is 562 g/mol. The van der Waals surface area contributed by atoms with Gasteiger partial charge in [0.25, 0.3) is 0 Å². The topological polar surface area (TPSA) is 36.9 Å². The average molecular weight is 592 g/mol. The molecule has 0 aliphatic rings. The van der Waals surface area contributed by atoms with Gasteiger partial charge < -0.3 is 0 Å². The molecule has 4 aromatic rings. The summed E-state index contributed by atoms with van der Waals surface area (Å²) >= 11 is -3.30. The first-order valence-electron chi connectivity index (χ1n) is 11.3. The van der Waals surface area contributed by atoms with Gasteiger partial charge in [-0.15, -0.1) is 0 Å². The van der Waals surface area contributed by atoms with Crippen molar-refractivity contribution in [3.63, 3.8) is 0 Å². The molecule has 35 heavy (non-hydrogen) atoms. The first kappa shape index (κ1) is 25.3. The standard InChI is InChI=1S/C29H30As2O4/c1-32-26-13-5-22(6-14-26)30(23-7-15-27(33-2)16-8-23)21-31(24-9-17-28(34-3)18-10-24)25-11-19-29(35-4)20-12-25/h5-20H,21H2,1-4H3. The Hall–Kier alpha value is -2.80. The zero-order valence-electron chi connectivity index (χ0n) is 20.5. The van der Waals surface area contributed by atoms with Gasteiger partial charge >= 0.3 is 218 Å². The van der Waals surface area contributed by atoms with Crippen molar-refractivity contribution in [2.24, 2.45) is 0 Å². The van der Waals surface area contributed by atoms with Gasteiger partial charge in [0.1, 0.15) is 0 Å². The van der Waals surface area contributed by atoms with Crippen LogP contribution >= 0.6 is 0 Å². The first-order chi connectivity index (χ1) is 17.1. The van der Waals surface area contributed by atoms with E-state index in [1.165, 1.54) is 21.4 Å². The Bertz CT molecular complexity index is 1000. The van der Waals surface area contributed by atoms with Gasteiger partial charge in [-0.3, -0.25) is 0 Å². The van der Waals surface area contributed by atoms with Gasteiger partial charge in [-0.1, -0.05) is 0 Å². The third kappa shape index (κ3) is 6.26. The molecular formula is C29H30As2O4. The van der Waals surface area contributed by atoms with Gasteiger partial charge in [0, 0.05) is 0 Å². The molecule has 0 aliphatic heterocycles. The molecule has 0 fully saturated rings. The quantitative estimate of drug-likeness (QED) is 0.266. The fourth-order valence-electron chi connectivity index (χ4n) is 3.81. The number of benzene rings is 4.